The van der Waals surface area contributed by atoms with E-state index in [0.717, 1.165) is 25.5 Å². The molecule has 2 heteroatoms. The number of carbonyl (C=O) groups excluding carboxylic acids is 1. The molecule has 0 saturated carbocycles. The van der Waals surface area contributed by atoms with Crippen molar-refractivity contribution in [3.63, 3.8) is 0 Å². The lowest BCUT2D eigenvalue weighted by molar-refractivity contribution is -0.111. The molecule has 0 saturated heterocycles. The average Bonchev–Trinajstić information content (AvgIpc) is 1.91. The summed E-state index contributed by atoms with van der Waals surface area (Å²) in [5, 5.41) is 0. The molecule has 54 valence electrons. The molecule has 9 heavy (non-hydrogen) atoms. The van der Waals surface area contributed by atoms with E-state index in [-0.39, 0.29) is 5.92 Å². The summed E-state index contributed by atoms with van der Waals surface area (Å²) in [5.41, 5.74) is 0. The van der Waals surface area contributed by atoms with Crippen LogP contribution in [0.4, 0.5) is 0 Å². The van der Waals surface area contributed by atoms with Crippen LogP contribution in [0.1, 0.15) is 26.2 Å². The Balaban J connectivity index is 3.20. The minimum Gasteiger partial charge on any atom is -0.303 e. The van der Waals surface area contributed by atoms with Gasteiger partial charge in [-0.2, -0.15) is 0 Å². The third-order valence-corrected chi connectivity index (χ3v) is 1.69. The highest BCUT2D eigenvalue weighted by atomic mass is 35.5. The summed E-state index contributed by atoms with van der Waals surface area (Å²) in [5.74, 6) is 0.911. The van der Waals surface area contributed by atoms with Crippen molar-refractivity contribution in [2.75, 3.05) is 5.88 Å². The molecule has 0 aliphatic carbocycles. The van der Waals surface area contributed by atoms with Crippen LogP contribution in [0.2, 0.25) is 0 Å². The minimum absolute atomic E-state index is 0.240. The fourth-order valence-electron chi connectivity index (χ4n) is 0.708. The Morgan fingerprint density at radius 2 is 2.33 bits per heavy atom. The van der Waals surface area contributed by atoms with Gasteiger partial charge >= 0.3 is 0 Å². The van der Waals surface area contributed by atoms with Crippen molar-refractivity contribution in [1.29, 1.82) is 0 Å². The first kappa shape index (κ1) is 8.96. The molecule has 0 spiro atoms. The second-order valence-electron chi connectivity index (χ2n) is 2.14. The molecule has 0 fully saturated rings. The summed E-state index contributed by atoms with van der Waals surface area (Å²) in [6, 6.07) is 0. The average molecular weight is 149 g/mol. The monoisotopic (exact) mass is 148 g/mol. The van der Waals surface area contributed by atoms with Gasteiger partial charge in [0.1, 0.15) is 6.29 Å². The van der Waals surface area contributed by atoms with Crippen LogP contribution in [0.3, 0.4) is 0 Å². The molecule has 1 nitrogen and oxygen atoms in total. The zero-order valence-electron chi connectivity index (χ0n) is 5.77. The Hall–Kier alpha value is -0.0400. The van der Waals surface area contributed by atoms with Crippen molar-refractivity contribution >= 4 is 17.9 Å². The second kappa shape index (κ2) is 6.09. The number of halogens is 1. The fraction of sp³-hybridized carbons (Fsp3) is 0.857. The van der Waals surface area contributed by atoms with E-state index < -0.39 is 0 Å². The van der Waals surface area contributed by atoms with Gasteiger partial charge in [-0.05, 0) is 19.3 Å². The topological polar surface area (TPSA) is 17.1 Å². The van der Waals surface area contributed by atoms with E-state index in [2.05, 4.69) is 0 Å². The highest BCUT2D eigenvalue weighted by molar-refractivity contribution is 6.17. The van der Waals surface area contributed by atoms with Gasteiger partial charge in [-0.1, -0.05) is 6.92 Å². The van der Waals surface area contributed by atoms with Gasteiger partial charge in [0.15, 0.2) is 0 Å². The molecular weight excluding hydrogens is 136 g/mol. The lowest BCUT2D eigenvalue weighted by Gasteiger charge is -2.02. The number of hydrogen-bond acceptors (Lipinski definition) is 1. The molecule has 1 atom stereocenters. The van der Waals surface area contributed by atoms with Gasteiger partial charge in [-0.3, -0.25) is 0 Å². The van der Waals surface area contributed by atoms with E-state index in [1.165, 1.54) is 0 Å². The Morgan fingerprint density at radius 3 is 2.67 bits per heavy atom. The molecule has 0 aromatic carbocycles. The summed E-state index contributed by atoms with van der Waals surface area (Å²) in [6.45, 7) is 2.02. The largest absolute Gasteiger partial charge is 0.303 e. The van der Waals surface area contributed by atoms with Gasteiger partial charge < -0.3 is 4.79 Å². The molecule has 1 unspecified atom stereocenters. The van der Waals surface area contributed by atoms with Gasteiger partial charge in [-0.25, -0.2) is 0 Å². The number of hydrogen-bond donors (Lipinski definition) is 0. The molecule has 0 aliphatic heterocycles. The Labute approximate surface area is 61.4 Å². The summed E-state index contributed by atoms with van der Waals surface area (Å²) in [6.07, 6.45) is 3.87. The maximum Gasteiger partial charge on any atom is 0.123 e. The van der Waals surface area contributed by atoms with E-state index in [4.69, 9.17) is 11.6 Å². The number of carbonyl (C=O) groups is 1. The molecule has 0 bridgehead atoms. The third-order valence-electron chi connectivity index (χ3n) is 1.43. The first-order valence-electron chi connectivity index (χ1n) is 3.36. The van der Waals surface area contributed by atoms with Gasteiger partial charge in [0, 0.05) is 11.8 Å². The molecule has 0 aromatic heterocycles. The molecule has 0 heterocycles. The maximum absolute atomic E-state index is 10.2. The number of alkyl halides is 1. The highest BCUT2D eigenvalue weighted by Crippen LogP contribution is 2.07. The number of aldehydes is 1. The van der Waals surface area contributed by atoms with E-state index in [0.29, 0.717) is 5.88 Å². The summed E-state index contributed by atoms with van der Waals surface area (Å²) in [4.78, 5) is 10.2. The number of rotatable bonds is 5. The standard InChI is InChI=1S/C7H13ClO/c1-2-7(6-9)4-3-5-8/h6-7H,2-5H2,1H3. The van der Waals surface area contributed by atoms with Crippen LogP contribution in [0.25, 0.3) is 0 Å². The highest BCUT2D eigenvalue weighted by Gasteiger charge is 2.01. The van der Waals surface area contributed by atoms with Crippen molar-refractivity contribution in [2.24, 2.45) is 5.92 Å². The summed E-state index contributed by atoms with van der Waals surface area (Å²) < 4.78 is 0. The van der Waals surface area contributed by atoms with Crippen molar-refractivity contribution in [3.8, 4) is 0 Å². The van der Waals surface area contributed by atoms with Gasteiger partial charge in [0.25, 0.3) is 0 Å². The molecule has 0 N–H and O–H groups in total. The normalized spacial score (nSPS) is 13.1. The van der Waals surface area contributed by atoms with Gasteiger partial charge in [0.2, 0.25) is 0 Å². The summed E-state index contributed by atoms with van der Waals surface area (Å²) >= 11 is 5.44. The zero-order valence-corrected chi connectivity index (χ0v) is 6.53. The molecule has 0 radical (unpaired) electrons. The van der Waals surface area contributed by atoms with Crippen LogP contribution in [-0.2, 0) is 4.79 Å². The van der Waals surface area contributed by atoms with Crippen molar-refractivity contribution in [3.05, 3.63) is 0 Å². The van der Waals surface area contributed by atoms with E-state index in [9.17, 15) is 4.79 Å². The predicted molar refractivity (Wildman–Crippen MR) is 39.8 cm³/mol. The lowest BCUT2D eigenvalue weighted by atomic mass is 10.0. The maximum atomic E-state index is 10.2. The van der Waals surface area contributed by atoms with Gasteiger partial charge in [-0.15, -0.1) is 11.6 Å². The van der Waals surface area contributed by atoms with Crippen LogP contribution in [0.15, 0.2) is 0 Å². The van der Waals surface area contributed by atoms with Crippen LogP contribution >= 0.6 is 11.6 Å². The Bertz CT molecular complexity index is 73.3. The quantitative estimate of drug-likeness (QED) is 0.432. The minimum atomic E-state index is 0.240. The third kappa shape index (κ3) is 4.46. The van der Waals surface area contributed by atoms with Crippen molar-refractivity contribution < 1.29 is 4.79 Å². The lowest BCUT2D eigenvalue weighted by Crippen LogP contribution is -1.99. The Morgan fingerprint density at radius 1 is 1.67 bits per heavy atom. The summed E-state index contributed by atoms with van der Waals surface area (Å²) in [7, 11) is 0. The fourth-order valence-corrected chi connectivity index (χ4v) is 0.862. The van der Waals surface area contributed by atoms with Crippen LogP contribution < -0.4 is 0 Å². The molecule has 0 rings (SSSR count). The van der Waals surface area contributed by atoms with E-state index in [1.54, 1.807) is 0 Å². The molecular formula is C7H13ClO. The van der Waals surface area contributed by atoms with E-state index in [1.807, 2.05) is 6.92 Å². The van der Waals surface area contributed by atoms with E-state index >= 15 is 0 Å². The van der Waals surface area contributed by atoms with Crippen LogP contribution in [0.5, 0.6) is 0 Å². The first-order chi connectivity index (χ1) is 4.35. The zero-order chi connectivity index (χ0) is 7.11. The predicted octanol–water partition coefficient (Wildman–Crippen LogP) is 2.23. The van der Waals surface area contributed by atoms with Crippen LogP contribution in [0, 0.1) is 5.92 Å². The Kier molecular flexibility index (Phi) is 6.06. The SMILES string of the molecule is CCC(C=O)CCCCl. The first-order valence-corrected chi connectivity index (χ1v) is 3.89. The second-order valence-corrected chi connectivity index (χ2v) is 2.51. The van der Waals surface area contributed by atoms with Crippen LogP contribution in [-0.4, -0.2) is 12.2 Å². The van der Waals surface area contributed by atoms with Gasteiger partial charge in [0.05, 0.1) is 0 Å². The van der Waals surface area contributed by atoms with Crippen molar-refractivity contribution in [1.82, 2.24) is 0 Å². The molecule has 0 amide bonds. The smallest absolute Gasteiger partial charge is 0.123 e. The molecule has 0 aromatic rings. The van der Waals surface area contributed by atoms with Crippen molar-refractivity contribution in [2.45, 2.75) is 26.2 Å². The molecule has 0 aliphatic rings.